The fourth-order valence-corrected chi connectivity index (χ4v) is 0.512. The lowest BCUT2D eigenvalue weighted by Crippen LogP contribution is -2.50. The molecule has 1 N–H and O–H groups in total. The second-order valence-electron chi connectivity index (χ2n) is 2.79. The van der Waals surface area contributed by atoms with Crippen LogP contribution in [0, 0.1) is 0 Å². The van der Waals surface area contributed by atoms with Gasteiger partial charge in [0.25, 0.3) is 0 Å². The molecule has 0 rings (SSSR count). The zero-order valence-electron chi connectivity index (χ0n) is 6.83. The van der Waals surface area contributed by atoms with Gasteiger partial charge in [0.15, 0.2) is 5.78 Å². The molecule has 8 heteroatoms. The number of halogens is 6. The van der Waals surface area contributed by atoms with Crippen LogP contribution in [0.15, 0.2) is 0 Å². The minimum atomic E-state index is -5.41. The fraction of sp³-hybridized carbons (Fsp3) is 0.833. The van der Waals surface area contributed by atoms with Crippen LogP contribution in [0.2, 0.25) is 0 Å². The zero-order valence-corrected chi connectivity index (χ0v) is 6.83. The predicted molar refractivity (Wildman–Crippen MR) is 32.4 cm³/mol. The van der Waals surface area contributed by atoms with Crippen molar-refractivity contribution in [3.8, 4) is 0 Å². The van der Waals surface area contributed by atoms with Crippen molar-refractivity contribution in [2.24, 2.45) is 0 Å². The van der Waals surface area contributed by atoms with Gasteiger partial charge < -0.3 is 5.11 Å². The van der Waals surface area contributed by atoms with Crippen molar-refractivity contribution >= 4 is 5.78 Å². The molecule has 0 aromatic carbocycles. The smallest absolute Gasteiger partial charge is 0.374 e. The van der Waals surface area contributed by atoms with E-state index in [1.165, 1.54) is 0 Å². The lowest BCUT2D eigenvalue weighted by molar-refractivity contribution is -0.248. The Morgan fingerprint density at radius 3 is 1.71 bits per heavy atom. The third kappa shape index (κ3) is 3.17. The molecule has 14 heavy (non-hydrogen) atoms. The van der Waals surface area contributed by atoms with Crippen LogP contribution < -0.4 is 0 Å². The molecule has 0 saturated heterocycles. The lowest BCUT2D eigenvalue weighted by Gasteiger charge is -2.24. The highest BCUT2D eigenvalue weighted by atomic mass is 19.4. The molecule has 0 saturated carbocycles. The third-order valence-electron chi connectivity index (χ3n) is 1.46. The SMILES string of the molecule is CC(O)(C(=O)CC(F)(F)F)C(F)(F)F. The second-order valence-corrected chi connectivity index (χ2v) is 2.79. The molecule has 1 atom stereocenters. The Balaban J connectivity index is 4.70. The van der Waals surface area contributed by atoms with Crippen LogP contribution in [-0.4, -0.2) is 28.8 Å². The Labute approximate surface area is 74.5 Å². The van der Waals surface area contributed by atoms with Crippen molar-refractivity contribution in [2.45, 2.75) is 31.3 Å². The van der Waals surface area contributed by atoms with E-state index < -0.39 is 30.2 Å². The molecule has 0 aromatic rings. The summed E-state index contributed by atoms with van der Waals surface area (Å²) in [6.07, 6.45) is -12.8. The predicted octanol–water partition coefficient (Wildman–Crippen LogP) is 1.82. The standard InChI is InChI=1S/C6H6F6O2/c1-4(14,6(10,11)12)3(13)2-5(7,8)9/h14H,2H2,1H3. The second kappa shape index (κ2) is 3.41. The minimum Gasteiger partial charge on any atom is -0.374 e. The molecule has 0 radical (unpaired) electrons. The van der Waals surface area contributed by atoms with Gasteiger partial charge in [-0.05, 0) is 6.92 Å². The normalized spacial score (nSPS) is 17.7. The minimum absolute atomic E-state index is 0.0128. The maximum atomic E-state index is 11.8. The molecule has 0 heterocycles. The van der Waals surface area contributed by atoms with Crippen LogP contribution >= 0.6 is 0 Å². The Morgan fingerprint density at radius 1 is 1.14 bits per heavy atom. The largest absolute Gasteiger partial charge is 0.424 e. The van der Waals surface area contributed by atoms with Crippen LogP contribution in [0.4, 0.5) is 26.3 Å². The summed E-state index contributed by atoms with van der Waals surface area (Å²) in [6.45, 7) is -0.0128. The average molecular weight is 224 g/mol. The summed E-state index contributed by atoms with van der Waals surface area (Å²) in [4.78, 5) is 10.4. The lowest BCUT2D eigenvalue weighted by atomic mass is 9.98. The van der Waals surface area contributed by atoms with E-state index in [1.54, 1.807) is 0 Å². The maximum Gasteiger partial charge on any atom is 0.424 e. The van der Waals surface area contributed by atoms with Gasteiger partial charge in [-0.1, -0.05) is 0 Å². The van der Waals surface area contributed by atoms with Crippen LogP contribution in [-0.2, 0) is 4.79 Å². The first kappa shape index (κ1) is 13.2. The van der Waals surface area contributed by atoms with Gasteiger partial charge in [0.1, 0.15) is 6.42 Å². The van der Waals surface area contributed by atoms with E-state index in [2.05, 4.69) is 0 Å². The molecule has 0 bridgehead atoms. The van der Waals surface area contributed by atoms with Gasteiger partial charge in [-0.25, -0.2) is 0 Å². The zero-order chi connectivity index (χ0) is 11.8. The van der Waals surface area contributed by atoms with Gasteiger partial charge in [-0.2, -0.15) is 26.3 Å². The monoisotopic (exact) mass is 224 g/mol. The van der Waals surface area contributed by atoms with Crippen molar-refractivity contribution in [2.75, 3.05) is 0 Å². The van der Waals surface area contributed by atoms with Gasteiger partial charge in [0, 0.05) is 0 Å². The van der Waals surface area contributed by atoms with Crippen molar-refractivity contribution in [3.05, 3.63) is 0 Å². The summed E-state index contributed by atoms with van der Waals surface area (Å²) >= 11 is 0. The Morgan fingerprint density at radius 2 is 1.50 bits per heavy atom. The molecule has 0 spiro atoms. The van der Waals surface area contributed by atoms with E-state index in [4.69, 9.17) is 5.11 Å². The first-order valence-corrected chi connectivity index (χ1v) is 3.27. The number of aliphatic hydroxyl groups is 1. The summed E-state index contributed by atoms with van der Waals surface area (Å²) in [5.41, 5.74) is -3.96. The van der Waals surface area contributed by atoms with Crippen molar-refractivity contribution in [1.82, 2.24) is 0 Å². The van der Waals surface area contributed by atoms with E-state index >= 15 is 0 Å². The number of Topliss-reactive ketones (excluding diaryl/α,β-unsaturated/α-hetero) is 1. The van der Waals surface area contributed by atoms with E-state index in [0.29, 0.717) is 0 Å². The summed E-state index contributed by atoms with van der Waals surface area (Å²) in [6, 6.07) is 0. The van der Waals surface area contributed by atoms with Crippen LogP contribution in [0.1, 0.15) is 13.3 Å². The van der Waals surface area contributed by atoms with Crippen molar-refractivity contribution in [1.29, 1.82) is 0 Å². The van der Waals surface area contributed by atoms with Crippen molar-refractivity contribution in [3.63, 3.8) is 0 Å². The maximum absolute atomic E-state index is 11.8. The number of alkyl halides is 6. The molecule has 0 aliphatic heterocycles. The van der Waals surface area contributed by atoms with Crippen LogP contribution in [0.25, 0.3) is 0 Å². The fourth-order valence-electron chi connectivity index (χ4n) is 0.512. The summed E-state index contributed by atoms with van der Waals surface area (Å²) in [5, 5.41) is 8.51. The molecule has 2 nitrogen and oxygen atoms in total. The molecule has 0 aromatic heterocycles. The number of carbonyl (C=O) groups is 1. The third-order valence-corrected chi connectivity index (χ3v) is 1.46. The molecule has 1 unspecified atom stereocenters. The van der Waals surface area contributed by atoms with Gasteiger partial charge >= 0.3 is 12.4 Å². The summed E-state index contributed by atoms with van der Waals surface area (Å²) in [5.74, 6) is -2.32. The van der Waals surface area contributed by atoms with E-state index in [-0.39, 0.29) is 6.92 Å². The van der Waals surface area contributed by atoms with Crippen LogP contribution in [0.3, 0.4) is 0 Å². The van der Waals surface area contributed by atoms with E-state index in [1.807, 2.05) is 0 Å². The van der Waals surface area contributed by atoms with Gasteiger partial charge in [0.2, 0.25) is 5.60 Å². The Hall–Kier alpha value is -0.790. The van der Waals surface area contributed by atoms with Gasteiger partial charge in [-0.15, -0.1) is 0 Å². The summed E-state index contributed by atoms with van der Waals surface area (Å²) < 4.78 is 70.0. The highest BCUT2D eigenvalue weighted by Crippen LogP contribution is 2.34. The first-order valence-electron chi connectivity index (χ1n) is 3.27. The van der Waals surface area contributed by atoms with E-state index in [0.717, 1.165) is 0 Å². The molecule has 0 aliphatic rings. The summed E-state index contributed by atoms with van der Waals surface area (Å²) in [7, 11) is 0. The number of hydrogen-bond acceptors (Lipinski definition) is 2. The highest BCUT2D eigenvalue weighted by molar-refractivity contribution is 5.88. The van der Waals surface area contributed by atoms with Gasteiger partial charge in [0.05, 0.1) is 0 Å². The number of hydrogen-bond donors (Lipinski definition) is 1. The highest BCUT2D eigenvalue weighted by Gasteiger charge is 2.57. The number of rotatable bonds is 2. The average Bonchev–Trinajstić information content (AvgIpc) is 1.80. The van der Waals surface area contributed by atoms with Crippen molar-refractivity contribution < 1.29 is 36.2 Å². The van der Waals surface area contributed by atoms with E-state index in [9.17, 15) is 31.1 Å². The quantitative estimate of drug-likeness (QED) is 0.726. The molecule has 0 amide bonds. The number of ketones is 1. The first-order chi connectivity index (χ1) is 5.88. The molecule has 0 aliphatic carbocycles. The Bertz CT molecular complexity index is 225. The topological polar surface area (TPSA) is 37.3 Å². The molecule has 84 valence electrons. The van der Waals surface area contributed by atoms with Crippen LogP contribution in [0.5, 0.6) is 0 Å². The molecular formula is C6H6F6O2. The molecular weight excluding hydrogens is 218 g/mol. The number of carbonyl (C=O) groups excluding carboxylic acids is 1. The van der Waals surface area contributed by atoms with Gasteiger partial charge in [-0.3, -0.25) is 4.79 Å². The molecule has 0 fully saturated rings. The Kier molecular flexibility index (Phi) is 3.22.